The molecule has 0 saturated heterocycles. The lowest BCUT2D eigenvalue weighted by Crippen LogP contribution is -2.34. The maximum absolute atomic E-state index is 11.6. The van der Waals surface area contributed by atoms with Gasteiger partial charge in [-0.05, 0) is 12.3 Å². The van der Waals surface area contributed by atoms with Crippen LogP contribution in [-0.2, 0) is 13.9 Å². The minimum absolute atomic E-state index is 0.0747. The molecule has 0 spiro atoms. The van der Waals surface area contributed by atoms with Crippen LogP contribution >= 0.6 is 7.82 Å². The third kappa shape index (κ3) is 17.9. The van der Waals surface area contributed by atoms with Crippen molar-refractivity contribution in [2.75, 3.05) is 13.2 Å². The predicted molar refractivity (Wildman–Crippen MR) is 93.4 cm³/mol. The number of rotatable bonds is 15. The number of unbranched alkanes of at least 4 members (excludes halogenated alkanes) is 6. The molecule has 1 unspecified atom stereocenters. The van der Waals surface area contributed by atoms with Crippen LogP contribution in [0.4, 0.5) is 0 Å². The molecule has 1 atom stereocenters. The molecule has 0 fully saturated rings. The number of nitrogens with one attached hydrogen (secondary N) is 1. The second kappa shape index (κ2) is 13.8. The van der Waals surface area contributed by atoms with Crippen molar-refractivity contribution in [1.82, 2.24) is 5.32 Å². The van der Waals surface area contributed by atoms with E-state index in [1.54, 1.807) is 0 Å². The Hall–Kier alpha value is -0.460. The van der Waals surface area contributed by atoms with Crippen molar-refractivity contribution >= 4 is 13.7 Å². The number of hydrogen-bond donors (Lipinski definition) is 4. The highest BCUT2D eigenvalue weighted by Gasteiger charge is 2.17. The van der Waals surface area contributed by atoms with Crippen molar-refractivity contribution < 1.29 is 28.8 Å². The van der Waals surface area contributed by atoms with Gasteiger partial charge in [0.2, 0.25) is 5.91 Å². The second-order valence-corrected chi connectivity index (χ2v) is 7.89. The number of phosphoric ester groups is 1. The second-order valence-electron chi connectivity index (χ2n) is 6.65. The highest BCUT2D eigenvalue weighted by Crippen LogP contribution is 2.35. The zero-order valence-corrected chi connectivity index (χ0v) is 15.8. The Bertz CT molecular complexity index is 372. The molecule has 1 amide bonds. The molecule has 0 aliphatic heterocycles. The third-order valence-electron chi connectivity index (χ3n) is 3.66. The smallest absolute Gasteiger partial charge is 0.389 e. The fraction of sp³-hybridized carbons (Fsp3) is 0.938. The van der Waals surface area contributed by atoms with Gasteiger partial charge in [-0.25, -0.2) is 4.57 Å². The van der Waals surface area contributed by atoms with E-state index < -0.39 is 20.5 Å². The summed E-state index contributed by atoms with van der Waals surface area (Å²) in [5, 5.41) is 12.0. The van der Waals surface area contributed by atoms with Crippen LogP contribution < -0.4 is 5.32 Å². The zero-order chi connectivity index (χ0) is 18.4. The van der Waals surface area contributed by atoms with Gasteiger partial charge in [0.25, 0.3) is 0 Å². The van der Waals surface area contributed by atoms with Crippen LogP contribution in [0.15, 0.2) is 0 Å². The summed E-state index contributed by atoms with van der Waals surface area (Å²) in [6.07, 6.45) is 8.57. The van der Waals surface area contributed by atoms with E-state index in [4.69, 9.17) is 9.79 Å². The summed E-state index contributed by atoms with van der Waals surface area (Å²) >= 11 is 0. The Balaban J connectivity index is 3.42. The summed E-state index contributed by atoms with van der Waals surface area (Å²) < 4.78 is 14.6. The molecule has 0 rings (SSSR count). The number of carbonyl (C=O) groups excluding carboxylic acids is 1. The van der Waals surface area contributed by atoms with E-state index in [1.165, 1.54) is 32.1 Å². The Morgan fingerprint density at radius 2 is 1.58 bits per heavy atom. The topological polar surface area (TPSA) is 116 Å². The van der Waals surface area contributed by atoms with Gasteiger partial charge in [-0.2, -0.15) is 0 Å². The molecular formula is C16H34NO6P. The molecule has 0 aromatic carbocycles. The van der Waals surface area contributed by atoms with Crippen molar-refractivity contribution in [2.24, 2.45) is 5.92 Å². The van der Waals surface area contributed by atoms with Crippen molar-refractivity contribution in [2.45, 2.75) is 77.7 Å². The predicted octanol–water partition coefficient (Wildman–Crippen LogP) is 2.74. The quantitative estimate of drug-likeness (QED) is 0.261. The van der Waals surface area contributed by atoms with Gasteiger partial charge in [-0.3, -0.25) is 9.32 Å². The lowest BCUT2D eigenvalue weighted by Gasteiger charge is -2.12. The van der Waals surface area contributed by atoms with Gasteiger partial charge in [0.15, 0.2) is 0 Å². The molecule has 0 radical (unpaired) electrons. The molecule has 24 heavy (non-hydrogen) atoms. The summed E-state index contributed by atoms with van der Waals surface area (Å²) in [6, 6.07) is 0. The Morgan fingerprint density at radius 3 is 2.12 bits per heavy atom. The maximum Gasteiger partial charge on any atom is 0.469 e. The maximum atomic E-state index is 11.6. The monoisotopic (exact) mass is 367 g/mol. The fourth-order valence-corrected chi connectivity index (χ4v) is 2.65. The largest absolute Gasteiger partial charge is 0.469 e. The van der Waals surface area contributed by atoms with E-state index in [9.17, 15) is 14.5 Å². The third-order valence-corrected chi connectivity index (χ3v) is 4.14. The molecule has 8 heteroatoms. The first-order valence-corrected chi connectivity index (χ1v) is 10.4. The van der Waals surface area contributed by atoms with Gasteiger partial charge in [-0.1, -0.05) is 58.8 Å². The van der Waals surface area contributed by atoms with Gasteiger partial charge >= 0.3 is 7.82 Å². The lowest BCUT2D eigenvalue weighted by atomic mass is 10.0. The lowest BCUT2D eigenvalue weighted by molar-refractivity contribution is -0.121. The van der Waals surface area contributed by atoms with Crippen molar-refractivity contribution in [3.63, 3.8) is 0 Å². The van der Waals surface area contributed by atoms with Crippen LogP contribution in [0, 0.1) is 5.92 Å². The van der Waals surface area contributed by atoms with E-state index in [0.717, 1.165) is 25.2 Å². The molecule has 4 N–H and O–H groups in total. The molecule has 0 aromatic rings. The summed E-state index contributed by atoms with van der Waals surface area (Å²) in [7, 11) is -4.58. The molecule has 0 bridgehead atoms. The Morgan fingerprint density at radius 1 is 1.04 bits per heavy atom. The van der Waals surface area contributed by atoms with Crippen LogP contribution in [0.1, 0.15) is 71.6 Å². The zero-order valence-electron chi connectivity index (χ0n) is 14.9. The van der Waals surface area contributed by atoms with Gasteiger partial charge < -0.3 is 20.2 Å². The fourth-order valence-electron chi connectivity index (χ4n) is 2.28. The van der Waals surface area contributed by atoms with Gasteiger partial charge in [0.1, 0.15) is 0 Å². The summed E-state index contributed by atoms with van der Waals surface area (Å²) in [5.41, 5.74) is 0. The van der Waals surface area contributed by atoms with Crippen molar-refractivity contribution in [3.05, 3.63) is 0 Å². The van der Waals surface area contributed by atoms with E-state index in [2.05, 4.69) is 23.7 Å². The molecule has 0 heterocycles. The first-order valence-electron chi connectivity index (χ1n) is 8.85. The molecule has 0 aliphatic rings. The number of amides is 1. The van der Waals surface area contributed by atoms with E-state index in [0.29, 0.717) is 6.42 Å². The minimum atomic E-state index is -4.58. The van der Waals surface area contributed by atoms with E-state index in [-0.39, 0.29) is 12.5 Å². The van der Waals surface area contributed by atoms with Crippen LogP contribution in [0.2, 0.25) is 0 Å². The van der Waals surface area contributed by atoms with Crippen LogP contribution in [0.5, 0.6) is 0 Å². The molecule has 7 nitrogen and oxygen atoms in total. The van der Waals surface area contributed by atoms with Gasteiger partial charge in [0.05, 0.1) is 12.7 Å². The molecule has 144 valence electrons. The van der Waals surface area contributed by atoms with Gasteiger partial charge in [0, 0.05) is 13.0 Å². The molecule has 0 aromatic heterocycles. The summed E-state index contributed by atoms with van der Waals surface area (Å²) in [6.45, 7) is 3.90. The Kier molecular flexibility index (Phi) is 13.5. The summed E-state index contributed by atoms with van der Waals surface area (Å²) in [5.74, 6) is 0.618. The van der Waals surface area contributed by atoms with Crippen LogP contribution in [0.25, 0.3) is 0 Å². The number of aliphatic hydroxyl groups is 1. The average Bonchev–Trinajstić information content (AvgIpc) is 2.48. The van der Waals surface area contributed by atoms with E-state index >= 15 is 0 Å². The highest BCUT2D eigenvalue weighted by atomic mass is 31.2. The molecular weight excluding hydrogens is 333 g/mol. The number of phosphoric acid groups is 1. The number of aliphatic hydroxyl groups excluding tert-OH is 1. The average molecular weight is 367 g/mol. The Labute approximate surface area is 145 Å². The summed E-state index contributed by atoms with van der Waals surface area (Å²) in [4.78, 5) is 28.6. The van der Waals surface area contributed by atoms with E-state index in [1.807, 2.05) is 0 Å². The van der Waals surface area contributed by atoms with Crippen LogP contribution in [-0.4, -0.2) is 40.1 Å². The highest BCUT2D eigenvalue weighted by molar-refractivity contribution is 7.46. The molecule has 0 saturated carbocycles. The normalized spacial score (nSPS) is 13.2. The van der Waals surface area contributed by atoms with Crippen molar-refractivity contribution in [1.29, 1.82) is 0 Å². The van der Waals surface area contributed by atoms with Crippen LogP contribution in [0.3, 0.4) is 0 Å². The SMILES string of the molecule is CC(C)CCCCCCCCCC(=O)NCC(O)COP(=O)(O)O. The molecule has 0 aliphatic carbocycles. The first kappa shape index (κ1) is 23.5. The number of carbonyl (C=O) groups is 1. The van der Waals surface area contributed by atoms with Crippen molar-refractivity contribution in [3.8, 4) is 0 Å². The first-order chi connectivity index (χ1) is 11.2. The minimum Gasteiger partial charge on any atom is -0.389 e. The standard InChI is InChI=1S/C16H34NO6P/c1-14(2)10-8-6-4-3-5-7-9-11-16(19)17-12-15(18)13-23-24(20,21)22/h14-15,18H,3-13H2,1-2H3,(H,17,19)(H2,20,21,22). The van der Waals surface area contributed by atoms with Gasteiger partial charge in [-0.15, -0.1) is 0 Å². The number of hydrogen-bond acceptors (Lipinski definition) is 4.